The van der Waals surface area contributed by atoms with E-state index in [9.17, 15) is 22.8 Å². The molecule has 2 saturated heterocycles. The van der Waals surface area contributed by atoms with Gasteiger partial charge in [-0.05, 0) is 36.5 Å². The number of imide groups is 1. The third-order valence-corrected chi connectivity index (χ3v) is 5.58. The zero-order valence-corrected chi connectivity index (χ0v) is 16.5. The molecule has 1 aromatic rings. The first-order valence-corrected chi connectivity index (χ1v) is 11.0. The fourth-order valence-corrected chi connectivity index (χ4v) is 4.01. The van der Waals surface area contributed by atoms with Crippen molar-refractivity contribution < 1.29 is 22.8 Å². The van der Waals surface area contributed by atoms with E-state index < -0.39 is 16.1 Å². The van der Waals surface area contributed by atoms with E-state index in [1.54, 1.807) is 29.2 Å². The summed E-state index contributed by atoms with van der Waals surface area (Å²) >= 11 is 0. The minimum atomic E-state index is -3.26. The highest BCUT2D eigenvalue weighted by atomic mass is 32.2. The number of urea groups is 1. The third-order valence-electron chi connectivity index (χ3n) is 4.89. The molecule has 0 unspecified atom stereocenters. The number of carbonyl (C=O) groups excluding carboxylic acids is 3. The van der Waals surface area contributed by atoms with E-state index in [1.165, 1.54) is 0 Å². The topological polar surface area (TPSA) is 116 Å². The molecule has 10 heteroatoms. The average Bonchev–Trinajstić information content (AvgIpc) is 2.98. The second-order valence-electron chi connectivity index (χ2n) is 7.22. The molecule has 9 nitrogen and oxygen atoms in total. The highest BCUT2D eigenvalue weighted by molar-refractivity contribution is 7.88. The Morgan fingerprint density at radius 2 is 2.11 bits per heavy atom. The molecule has 2 aliphatic rings. The van der Waals surface area contributed by atoms with Crippen molar-refractivity contribution in [3.8, 4) is 0 Å². The maximum Gasteiger partial charge on any atom is 0.324 e. The van der Waals surface area contributed by atoms with Gasteiger partial charge in [0.2, 0.25) is 15.9 Å². The Morgan fingerprint density at radius 3 is 2.79 bits per heavy atom. The second-order valence-corrected chi connectivity index (χ2v) is 9.05. The number of rotatable bonds is 6. The lowest BCUT2D eigenvalue weighted by molar-refractivity contribution is -0.125. The summed E-state index contributed by atoms with van der Waals surface area (Å²) in [4.78, 5) is 39.2. The maximum atomic E-state index is 12.9. The molecule has 152 valence electrons. The monoisotopic (exact) mass is 408 g/mol. The predicted molar refractivity (Wildman–Crippen MR) is 102 cm³/mol. The largest absolute Gasteiger partial charge is 0.338 e. The number of sulfonamides is 1. The summed E-state index contributed by atoms with van der Waals surface area (Å²) in [5.74, 6) is -0.358. The molecule has 28 heavy (non-hydrogen) atoms. The van der Waals surface area contributed by atoms with Crippen molar-refractivity contribution >= 4 is 27.9 Å². The number of hydrogen-bond acceptors (Lipinski definition) is 5. The van der Waals surface area contributed by atoms with Gasteiger partial charge in [-0.15, -0.1) is 0 Å². The molecule has 1 atom stereocenters. The van der Waals surface area contributed by atoms with Crippen LogP contribution in [0, 0.1) is 5.92 Å². The van der Waals surface area contributed by atoms with Crippen molar-refractivity contribution in [2.24, 2.45) is 5.92 Å². The van der Waals surface area contributed by atoms with Gasteiger partial charge in [0.1, 0.15) is 0 Å². The number of likely N-dealkylation sites (tertiary alicyclic amines) is 1. The maximum absolute atomic E-state index is 12.9. The van der Waals surface area contributed by atoms with Crippen molar-refractivity contribution in [1.82, 2.24) is 19.8 Å². The lowest BCUT2D eigenvalue weighted by Crippen LogP contribution is -2.43. The van der Waals surface area contributed by atoms with Gasteiger partial charge in [-0.25, -0.2) is 17.9 Å². The lowest BCUT2D eigenvalue weighted by atomic mass is 9.97. The SMILES string of the molecule is CS(=O)(=O)NC[C@H]1CCCN(C(=O)c2cccc(CN3C(=O)CNC3=O)c2)C1. The third kappa shape index (κ3) is 5.08. The van der Waals surface area contributed by atoms with Gasteiger partial charge in [0.05, 0.1) is 19.3 Å². The Balaban J connectivity index is 1.65. The zero-order valence-electron chi connectivity index (χ0n) is 15.7. The molecule has 1 aromatic carbocycles. The molecule has 2 aliphatic heterocycles. The van der Waals surface area contributed by atoms with Crippen LogP contribution in [0.2, 0.25) is 0 Å². The average molecular weight is 408 g/mol. The van der Waals surface area contributed by atoms with Gasteiger partial charge in [0.15, 0.2) is 0 Å². The number of carbonyl (C=O) groups is 3. The zero-order chi connectivity index (χ0) is 20.3. The fraction of sp³-hybridized carbons (Fsp3) is 0.500. The molecular weight excluding hydrogens is 384 g/mol. The Bertz CT molecular complexity index is 870. The molecular formula is C18H24N4O5S. The van der Waals surface area contributed by atoms with Gasteiger partial charge in [-0.2, -0.15) is 0 Å². The van der Waals surface area contributed by atoms with Crippen molar-refractivity contribution in [3.05, 3.63) is 35.4 Å². The van der Waals surface area contributed by atoms with Crippen molar-refractivity contribution in [2.75, 3.05) is 32.4 Å². The van der Waals surface area contributed by atoms with Gasteiger partial charge in [-0.1, -0.05) is 12.1 Å². The molecule has 0 spiro atoms. The highest BCUT2D eigenvalue weighted by Crippen LogP contribution is 2.19. The smallest absolute Gasteiger partial charge is 0.324 e. The van der Waals surface area contributed by atoms with Gasteiger partial charge < -0.3 is 10.2 Å². The second kappa shape index (κ2) is 8.27. The fourth-order valence-electron chi connectivity index (χ4n) is 3.47. The number of amides is 4. The molecule has 0 radical (unpaired) electrons. The van der Waals surface area contributed by atoms with Crippen LogP contribution in [0.5, 0.6) is 0 Å². The minimum Gasteiger partial charge on any atom is -0.338 e. The van der Waals surface area contributed by atoms with Crippen LogP contribution in [0.1, 0.15) is 28.8 Å². The summed E-state index contributed by atoms with van der Waals surface area (Å²) in [5.41, 5.74) is 1.19. The number of benzene rings is 1. The highest BCUT2D eigenvalue weighted by Gasteiger charge is 2.29. The van der Waals surface area contributed by atoms with E-state index in [0.717, 1.165) is 24.0 Å². The molecule has 0 aromatic heterocycles. The molecule has 0 saturated carbocycles. The van der Waals surface area contributed by atoms with E-state index in [2.05, 4.69) is 10.0 Å². The minimum absolute atomic E-state index is 0.00582. The molecule has 0 aliphatic carbocycles. The summed E-state index contributed by atoms with van der Waals surface area (Å²) in [6, 6.07) is 6.47. The molecule has 4 amide bonds. The van der Waals surface area contributed by atoms with Crippen LogP contribution in [0.4, 0.5) is 4.79 Å². The first kappa shape index (κ1) is 20.3. The summed E-state index contributed by atoms with van der Waals surface area (Å²) in [6.45, 7) is 1.53. The molecule has 0 bridgehead atoms. The Labute approximate surface area is 164 Å². The number of piperidine rings is 1. The van der Waals surface area contributed by atoms with E-state index in [1.807, 2.05) is 0 Å². The van der Waals surface area contributed by atoms with Crippen LogP contribution in [0.3, 0.4) is 0 Å². The van der Waals surface area contributed by atoms with Crippen LogP contribution < -0.4 is 10.0 Å². The normalized spacial score (nSPS) is 20.4. The Kier molecular flexibility index (Phi) is 5.99. The number of hydrogen-bond donors (Lipinski definition) is 2. The van der Waals surface area contributed by atoms with E-state index in [4.69, 9.17) is 0 Å². The van der Waals surface area contributed by atoms with Gasteiger partial charge >= 0.3 is 6.03 Å². The summed E-state index contributed by atoms with van der Waals surface area (Å²) in [5, 5.41) is 2.47. The Hall–Kier alpha value is -2.46. The van der Waals surface area contributed by atoms with Crippen LogP contribution >= 0.6 is 0 Å². The van der Waals surface area contributed by atoms with E-state index >= 15 is 0 Å². The van der Waals surface area contributed by atoms with E-state index in [-0.39, 0.29) is 30.8 Å². The first-order chi connectivity index (χ1) is 13.2. The van der Waals surface area contributed by atoms with Gasteiger partial charge in [0.25, 0.3) is 5.91 Å². The number of nitrogens with one attached hydrogen (secondary N) is 2. The Morgan fingerprint density at radius 1 is 1.32 bits per heavy atom. The van der Waals surface area contributed by atoms with Gasteiger partial charge in [0, 0.05) is 25.2 Å². The van der Waals surface area contributed by atoms with Crippen LogP contribution in [-0.4, -0.2) is 68.5 Å². The quantitative estimate of drug-likeness (QED) is 0.650. The lowest BCUT2D eigenvalue weighted by Gasteiger charge is -2.33. The van der Waals surface area contributed by atoms with Crippen molar-refractivity contribution in [3.63, 3.8) is 0 Å². The van der Waals surface area contributed by atoms with Crippen molar-refractivity contribution in [1.29, 1.82) is 0 Å². The first-order valence-electron chi connectivity index (χ1n) is 9.14. The molecule has 2 heterocycles. The van der Waals surface area contributed by atoms with Gasteiger partial charge in [-0.3, -0.25) is 14.5 Å². The van der Waals surface area contributed by atoms with Crippen LogP contribution in [-0.2, 0) is 21.4 Å². The molecule has 2 fully saturated rings. The summed E-state index contributed by atoms with van der Waals surface area (Å²) in [6.07, 6.45) is 2.79. The van der Waals surface area contributed by atoms with E-state index in [0.29, 0.717) is 30.8 Å². The number of nitrogens with zero attached hydrogens (tertiary/aromatic N) is 2. The van der Waals surface area contributed by atoms with Crippen molar-refractivity contribution in [2.45, 2.75) is 19.4 Å². The predicted octanol–water partition coefficient (Wildman–Crippen LogP) is 0.140. The van der Waals surface area contributed by atoms with Crippen LogP contribution in [0.15, 0.2) is 24.3 Å². The van der Waals surface area contributed by atoms with Crippen LogP contribution in [0.25, 0.3) is 0 Å². The summed E-state index contributed by atoms with van der Waals surface area (Å²) in [7, 11) is -3.26. The summed E-state index contributed by atoms with van der Waals surface area (Å²) < 4.78 is 25.1. The molecule has 3 rings (SSSR count). The standard InChI is InChI=1S/C18H24N4O5S/c1-28(26,27)20-9-14-5-3-7-21(11-14)17(24)15-6-2-4-13(8-15)12-22-16(23)10-19-18(22)25/h2,4,6,8,14,20H,3,5,7,9-12H2,1H3,(H,19,25)/t14-/m1/s1. The molecule has 2 N–H and O–H groups in total.